The Morgan fingerprint density at radius 2 is 2.35 bits per heavy atom. The summed E-state index contributed by atoms with van der Waals surface area (Å²) in [6.07, 6.45) is 3.13. The normalized spacial score (nSPS) is 10.2. The third kappa shape index (κ3) is 3.45. The van der Waals surface area contributed by atoms with Crippen molar-refractivity contribution in [3.63, 3.8) is 0 Å². The maximum atomic E-state index is 11.7. The second-order valence-corrected chi connectivity index (χ2v) is 4.78. The zero-order valence-electron chi connectivity index (χ0n) is 8.93. The van der Waals surface area contributed by atoms with Crippen molar-refractivity contribution in [1.82, 2.24) is 9.78 Å². The van der Waals surface area contributed by atoms with Crippen LogP contribution in [-0.2, 0) is 11.3 Å². The number of nitrogens with zero attached hydrogens (tertiary/aromatic N) is 2. The van der Waals surface area contributed by atoms with Crippen LogP contribution in [-0.4, -0.2) is 15.7 Å². The van der Waals surface area contributed by atoms with Crippen LogP contribution in [0.4, 0.5) is 11.4 Å². The predicted molar refractivity (Wildman–Crippen MR) is 74.4 cm³/mol. The fraction of sp³-hybridized carbons (Fsp3) is 0.0909. The van der Waals surface area contributed by atoms with Gasteiger partial charge in [-0.1, -0.05) is 6.07 Å². The SMILES string of the molecule is Nc1cnn(CC(=O)Nc2cccc(I)c2)c1. The van der Waals surface area contributed by atoms with Gasteiger partial charge < -0.3 is 11.1 Å². The quantitative estimate of drug-likeness (QED) is 0.834. The smallest absolute Gasteiger partial charge is 0.246 e. The summed E-state index contributed by atoms with van der Waals surface area (Å²) >= 11 is 2.19. The Labute approximate surface area is 112 Å². The molecule has 0 spiro atoms. The lowest BCUT2D eigenvalue weighted by Crippen LogP contribution is -2.19. The van der Waals surface area contributed by atoms with Gasteiger partial charge in [-0.2, -0.15) is 5.10 Å². The Morgan fingerprint density at radius 1 is 1.53 bits per heavy atom. The summed E-state index contributed by atoms with van der Waals surface area (Å²) < 4.78 is 2.57. The molecule has 0 saturated carbocycles. The molecule has 0 atom stereocenters. The van der Waals surface area contributed by atoms with Crippen LogP contribution in [0.5, 0.6) is 0 Å². The highest BCUT2D eigenvalue weighted by molar-refractivity contribution is 14.1. The zero-order valence-corrected chi connectivity index (χ0v) is 11.1. The van der Waals surface area contributed by atoms with Gasteiger partial charge in [0.25, 0.3) is 0 Å². The number of rotatable bonds is 3. The van der Waals surface area contributed by atoms with E-state index in [2.05, 4.69) is 33.0 Å². The molecule has 0 aliphatic rings. The number of amides is 1. The second-order valence-electron chi connectivity index (χ2n) is 3.53. The van der Waals surface area contributed by atoms with Crippen LogP contribution in [0.25, 0.3) is 0 Å². The average molecular weight is 342 g/mol. The van der Waals surface area contributed by atoms with Crippen LogP contribution in [0, 0.1) is 3.57 Å². The molecule has 1 aromatic heterocycles. The van der Waals surface area contributed by atoms with Crippen molar-refractivity contribution in [3.8, 4) is 0 Å². The Hall–Kier alpha value is -1.57. The molecule has 0 bridgehead atoms. The summed E-state index contributed by atoms with van der Waals surface area (Å²) in [4.78, 5) is 11.7. The Morgan fingerprint density at radius 3 is 3.00 bits per heavy atom. The maximum Gasteiger partial charge on any atom is 0.246 e. The number of hydrogen-bond acceptors (Lipinski definition) is 3. The maximum absolute atomic E-state index is 11.7. The number of nitrogens with two attached hydrogens (primary N) is 1. The molecule has 2 rings (SSSR count). The summed E-state index contributed by atoms with van der Waals surface area (Å²) in [5, 5.41) is 6.74. The van der Waals surface area contributed by atoms with Gasteiger partial charge in [0.1, 0.15) is 6.54 Å². The molecule has 88 valence electrons. The van der Waals surface area contributed by atoms with E-state index < -0.39 is 0 Å². The van der Waals surface area contributed by atoms with E-state index in [1.807, 2.05) is 24.3 Å². The molecule has 0 aliphatic carbocycles. The Balaban J connectivity index is 1.98. The van der Waals surface area contributed by atoms with Gasteiger partial charge in [0.2, 0.25) is 5.91 Å². The first-order valence-electron chi connectivity index (χ1n) is 4.97. The van der Waals surface area contributed by atoms with Crippen molar-refractivity contribution in [2.75, 3.05) is 11.1 Å². The first-order valence-corrected chi connectivity index (χ1v) is 6.05. The van der Waals surface area contributed by atoms with Crippen molar-refractivity contribution >= 4 is 39.9 Å². The third-order valence-corrected chi connectivity index (χ3v) is 2.74. The van der Waals surface area contributed by atoms with Crippen LogP contribution >= 0.6 is 22.6 Å². The number of nitrogens with one attached hydrogen (secondary N) is 1. The Kier molecular flexibility index (Phi) is 3.62. The molecule has 0 radical (unpaired) electrons. The lowest BCUT2D eigenvalue weighted by Gasteiger charge is -2.05. The van der Waals surface area contributed by atoms with Crippen LogP contribution in [0.3, 0.4) is 0 Å². The van der Waals surface area contributed by atoms with E-state index in [1.165, 1.54) is 10.9 Å². The van der Waals surface area contributed by atoms with Crippen LogP contribution in [0.15, 0.2) is 36.7 Å². The molecule has 0 unspecified atom stereocenters. The molecule has 5 nitrogen and oxygen atoms in total. The van der Waals surface area contributed by atoms with E-state index in [0.29, 0.717) is 5.69 Å². The van der Waals surface area contributed by atoms with E-state index >= 15 is 0 Å². The van der Waals surface area contributed by atoms with Crippen molar-refractivity contribution in [2.45, 2.75) is 6.54 Å². The highest BCUT2D eigenvalue weighted by Gasteiger charge is 2.04. The number of hydrogen-bond donors (Lipinski definition) is 2. The van der Waals surface area contributed by atoms with Gasteiger partial charge in [-0.3, -0.25) is 9.48 Å². The monoisotopic (exact) mass is 342 g/mol. The fourth-order valence-corrected chi connectivity index (χ4v) is 1.92. The summed E-state index contributed by atoms with van der Waals surface area (Å²) in [6.45, 7) is 0.155. The lowest BCUT2D eigenvalue weighted by atomic mass is 10.3. The summed E-state index contributed by atoms with van der Waals surface area (Å²) in [7, 11) is 0. The molecular formula is C11H11IN4O. The standard InChI is InChI=1S/C11H11IN4O/c12-8-2-1-3-10(4-8)15-11(17)7-16-6-9(13)5-14-16/h1-6H,7,13H2,(H,15,17). The number of carbonyl (C=O) groups excluding carboxylic acids is 1. The molecule has 2 aromatic rings. The number of anilines is 2. The minimum absolute atomic E-state index is 0.130. The van der Waals surface area contributed by atoms with Gasteiger partial charge in [-0.05, 0) is 40.8 Å². The average Bonchev–Trinajstić information content (AvgIpc) is 2.63. The van der Waals surface area contributed by atoms with Crippen molar-refractivity contribution < 1.29 is 4.79 Å². The highest BCUT2D eigenvalue weighted by atomic mass is 127. The molecule has 1 aromatic carbocycles. The Bertz CT molecular complexity index is 538. The molecule has 0 aliphatic heterocycles. The van der Waals surface area contributed by atoms with Gasteiger partial charge in [0.15, 0.2) is 0 Å². The minimum atomic E-state index is -0.130. The second kappa shape index (κ2) is 5.17. The molecular weight excluding hydrogens is 331 g/mol. The van der Waals surface area contributed by atoms with Gasteiger partial charge in [0.05, 0.1) is 11.9 Å². The van der Waals surface area contributed by atoms with E-state index in [1.54, 1.807) is 6.20 Å². The predicted octanol–water partition coefficient (Wildman–Crippen LogP) is 1.71. The third-order valence-electron chi connectivity index (χ3n) is 2.07. The summed E-state index contributed by atoms with van der Waals surface area (Å²) in [6, 6.07) is 7.60. The number of carbonyl (C=O) groups is 1. The van der Waals surface area contributed by atoms with Gasteiger partial charge in [-0.25, -0.2) is 0 Å². The molecule has 0 saturated heterocycles. The molecule has 6 heteroatoms. The number of benzene rings is 1. The number of nitrogen functional groups attached to an aromatic ring is 1. The van der Waals surface area contributed by atoms with Crippen LogP contribution < -0.4 is 11.1 Å². The van der Waals surface area contributed by atoms with E-state index in [-0.39, 0.29) is 12.5 Å². The molecule has 1 heterocycles. The largest absolute Gasteiger partial charge is 0.396 e. The van der Waals surface area contributed by atoms with Crippen LogP contribution in [0.1, 0.15) is 0 Å². The van der Waals surface area contributed by atoms with E-state index in [9.17, 15) is 4.79 Å². The van der Waals surface area contributed by atoms with Crippen molar-refractivity contribution in [2.24, 2.45) is 0 Å². The first kappa shape index (κ1) is 11.9. The number of aromatic nitrogens is 2. The minimum Gasteiger partial charge on any atom is -0.396 e. The van der Waals surface area contributed by atoms with E-state index in [4.69, 9.17) is 5.73 Å². The molecule has 17 heavy (non-hydrogen) atoms. The van der Waals surface area contributed by atoms with Crippen LogP contribution in [0.2, 0.25) is 0 Å². The van der Waals surface area contributed by atoms with Gasteiger partial charge >= 0.3 is 0 Å². The van der Waals surface area contributed by atoms with Gasteiger partial charge in [0, 0.05) is 15.5 Å². The zero-order chi connectivity index (χ0) is 12.3. The fourth-order valence-electron chi connectivity index (χ4n) is 1.38. The topological polar surface area (TPSA) is 72.9 Å². The molecule has 1 amide bonds. The van der Waals surface area contributed by atoms with Crippen molar-refractivity contribution in [1.29, 1.82) is 0 Å². The number of halogens is 1. The highest BCUT2D eigenvalue weighted by Crippen LogP contribution is 2.12. The summed E-state index contributed by atoms with van der Waals surface area (Å²) in [5.74, 6) is -0.130. The first-order chi connectivity index (χ1) is 8.13. The van der Waals surface area contributed by atoms with Crippen molar-refractivity contribution in [3.05, 3.63) is 40.2 Å². The molecule has 3 N–H and O–H groups in total. The lowest BCUT2D eigenvalue weighted by molar-refractivity contribution is -0.116. The molecule has 0 fully saturated rings. The van der Waals surface area contributed by atoms with E-state index in [0.717, 1.165) is 9.26 Å². The van der Waals surface area contributed by atoms with Gasteiger partial charge in [-0.15, -0.1) is 0 Å². The summed E-state index contributed by atoms with van der Waals surface area (Å²) in [5.41, 5.74) is 6.84.